The van der Waals surface area contributed by atoms with Crippen LogP contribution in [0, 0.1) is 6.92 Å². The first kappa shape index (κ1) is 21.3. The third-order valence-corrected chi connectivity index (χ3v) is 6.03. The predicted molar refractivity (Wildman–Crippen MR) is 96.0 cm³/mol. The number of aryl methyl sites for hydroxylation is 2. The fourth-order valence-corrected chi connectivity index (χ4v) is 4.04. The van der Waals surface area contributed by atoms with E-state index in [1.165, 1.54) is 11.2 Å². The summed E-state index contributed by atoms with van der Waals surface area (Å²) in [5, 5.41) is 10.4. The predicted octanol–water partition coefficient (Wildman–Crippen LogP) is 0.578. The zero-order valence-corrected chi connectivity index (χ0v) is 16.9. The molecule has 0 bridgehead atoms. The van der Waals surface area contributed by atoms with Gasteiger partial charge in [-0.05, 0) is 13.0 Å². The van der Waals surface area contributed by atoms with Crippen LogP contribution in [-0.4, -0.2) is 51.0 Å². The van der Waals surface area contributed by atoms with E-state index in [-0.39, 0.29) is 25.3 Å². The molecule has 0 aliphatic carbocycles. The summed E-state index contributed by atoms with van der Waals surface area (Å²) < 4.78 is 65.8. The highest BCUT2D eigenvalue weighted by Gasteiger charge is 2.34. The maximum Gasteiger partial charge on any atom is 0.435 e. The van der Waals surface area contributed by atoms with Crippen LogP contribution in [-0.2, 0) is 54.1 Å². The van der Waals surface area contributed by atoms with Crippen molar-refractivity contribution in [3.63, 3.8) is 0 Å². The van der Waals surface area contributed by atoms with Gasteiger partial charge in [-0.25, -0.2) is 8.42 Å². The Morgan fingerprint density at radius 2 is 2.00 bits per heavy atom. The Hall–Kier alpha value is -2.41. The van der Waals surface area contributed by atoms with Crippen LogP contribution in [0.25, 0.3) is 0 Å². The van der Waals surface area contributed by atoms with Crippen LogP contribution in [0.15, 0.2) is 6.07 Å². The fourth-order valence-electron chi connectivity index (χ4n) is 3.25. The maximum absolute atomic E-state index is 12.7. The highest BCUT2D eigenvalue weighted by atomic mass is 32.2. The van der Waals surface area contributed by atoms with Crippen LogP contribution >= 0.6 is 0 Å². The quantitative estimate of drug-likeness (QED) is 0.742. The number of carbonyl (C=O) groups excluding carboxylic acids is 1. The molecule has 3 heterocycles. The van der Waals surface area contributed by atoms with E-state index in [2.05, 4.69) is 15.5 Å². The molecule has 29 heavy (non-hydrogen) atoms. The largest absolute Gasteiger partial charge is 0.435 e. The Balaban J connectivity index is 1.68. The first-order valence-corrected chi connectivity index (χ1v) is 10.6. The van der Waals surface area contributed by atoms with Crippen molar-refractivity contribution < 1.29 is 26.4 Å². The SMILES string of the molecule is Cc1cc(C(F)(F)F)nn1CC(=O)NCc1nn(C)c2c1CN(S(C)(=O)=O)CC2. The molecule has 1 aliphatic rings. The van der Waals surface area contributed by atoms with E-state index in [0.717, 1.165) is 28.3 Å². The number of halogens is 3. The molecule has 0 spiro atoms. The number of nitrogens with one attached hydrogen (secondary N) is 1. The Morgan fingerprint density at radius 3 is 2.59 bits per heavy atom. The van der Waals surface area contributed by atoms with Gasteiger partial charge < -0.3 is 5.32 Å². The van der Waals surface area contributed by atoms with Crippen LogP contribution < -0.4 is 5.32 Å². The van der Waals surface area contributed by atoms with Gasteiger partial charge in [0, 0.05) is 43.5 Å². The zero-order valence-electron chi connectivity index (χ0n) is 16.1. The molecule has 2 aromatic rings. The Labute approximate surface area is 165 Å². The lowest BCUT2D eigenvalue weighted by Crippen LogP contribution is -2.36. The summed E-state index contributed by atoms with van der Waals surface area (Å²) in [6, 6.07) is 0.877. The third-order valence-electron chi connectivity index (χ3n) is 4.78. The molecule has 0 atom stereocenters. The second-order valence-corrected chi connectivity index (χ2v) is 8.93. The number of amides is 1. The number of hydrogen-bond donors (Lipinski definition) is 1. The lowest BCUT2D eigenvalue weighted by atomic mass is 10.1. The normalized spacial score (nSPS) is 15.4. The van der Waals surface area contributed by atoms with Crippen molar-refractivity contribution >= 4 is 15.9 Å². The molecular formula is C16H21F3N6O3S. The molecule has 0 radical (unpaired) electrons. The molecule has 160 valence electrons. The lowest BCUT2D eigenvalue weighted by Gasteiger charge is -2.25. The van der Waals surface area contributed by atoms with Gasteiger partial charge in [-0.1, -0.05) is 0 Å². The molecule has 0 unspecified atom stereocenters. The van der Waals surface area contributed by atoms with Gasteiger partial charge in [-0.15, -0.1) is 0 Å². The minimum Gasteiger partial charge on any atom is -0.349 e. The standard InChI is InChI=1S/C16H21F3N6O3S/c1-10-6-14(16(17,18)19)22-25(10)9-15(26)20-7-12-11-8-24(29(3,27)28)5-4-13(11)23(2)21-12/h6H,4-5,7-9H2,1-3H3,(H,20,26). The van der Waals surface area contributed by atoms with Crippen molar-refractivity contribution in [2.24, 2.45) is 7.05 Å². The van der Waals surface area contributed by atoms with E-state index in [0.29, 0.717) is 18.7 Å². The monoisotopic (exact) mass is 434 g/mol. The van der Waals surface area contributed by atoms with E-state index in [4.69, 9.17) is 0 Å². The van der Waals surface area contributed by atoms with E-state index in [1.54, 1.807) is 11.7 Å². The molecule has 2 aromatic heterocycles. The molecule has 0 saturated heterocycles. The van der Waals surface area contributed by atoms with Gasteiger partial charge in [0.15, 0.2) is 5.69 Å². The van der Waals surface area contributed by atoms with Crippen LogP contribution in [0.5, 0.6) is 0 Å². The summed E-state index contributed by atoms with van der Waals surface area (Å²) in [4.78, 5) is 12.2. The van der Waals surface area contributed by atoms with Crippen LogP contribution in [0.3, 0.4) is 0 Å². The minimum absolute atomic E-state index is 0.0338. The smallest absolute Gasteiger partial charge is 0.349 e. The van der Waals surface area contributed by atoms with E-state index < -0.39 is 27.8 Å². The Morgan fingerprint density at radius 1 is 1.31 bits per heavy atom. The van der Waals surface area contributed by atoms with Gasteiger partial charge in [-0.2, -0.15) is 27.7 Å². The molecule has 3 rings (SSSR count). The highest BCUT2D eigenvalue weighted by molar-refractivity contribution is 7.88. The van der Waals surface area contributed by atoms with Gasteiger partial charge in [0.05, 0.1) is 18.5 Å². The minimum atomic E-state index is -4.58. The number of rotatable bonds is 5. The van der Waals surface area contributed by atoms with E-state index >= 15 is 0 Å². The van der Waals surface area contributed by atoms with Crippen molar-refractivity contribution in [2.45, 2.75) is 39.2 Å². The second kappa shape index (κ2) is 7.44. The summed E-state index contributed by atoms with van der Waals surface area (Å²) in [5.41, 5.74) is 1.32. The van der Waals surface area contributed by atoms with Crippen LogP contribution in [0.1, 0.15) is 28.3 Å². The number of aromatic nitrogens is 4. The first-order chi connectivity index (χ1) is 13.4. The fraction of sp³-hybridized carbons (Fsp3) is 0.562. The van der Waals surface area contributed by atoms with E-state index in [1.807, 2.05) is 0 Å². The van der Waals surface area contributed by atoms with Gasteiger partial charge >= 0.3 is 6.18 Å². The average molecular weight is 434 g/mol. The highest BCUT2D eigenvalue weighted by Crippen LogP contribution is 2.28. The van der Waals surface area contributed by atoms with Crippen LogP contribution in [0.4, 0.5) is 13.2 Å². The topological polar surface area (TPSA) is 102 Å². The average Bonchev–Trinajstić information content (AvgIpc) is 3.12. The lowest BCUT2D eigenvalue weighted by molar-refractivity contribution is -0.141. The van der Waals surface area contributed by atoms with Crippen molar-refractivity contribution in [2.75, 3.05) is 12.8 Å². The van der Waals surface area contributed by atoms with Crippen molar-refractivity contribution in [1.82, 2.24) is 29.2 Å². The van der Waals surface area contributed by atoms with Crippen molar-refractivity contribution in [3.8, 4) is 0 Å². The molecule has 1 aliphatic heterocycles. The number of carbonyl (C=O) groups is 1. The molecular weight excluding hydrogens is 413 g/mol. The van der Waals surface area contributed by atoms with Gasteiger partial charge in [0.1, 0.15) is 6.54 Å². The molecule has 1 amide bonds. The number of hydrogen-bond acceptors (Lipinski definition) is 5. The van der Waals surface area contributed by atoms with Gasteiger partial charge in [0.25, 0.3) is 0 Å². The second-order valence-electron chi connectivity index (χ2n) is 6.95. The van der Waals surface area contributed by atoms with Gasteiger partial charge in [0.2, 0.25) is 15.9 Å². The maximum atomic E-state index is 12.7. The number of nitrogens with zero attached hydrogens (tertiary/aromatic N) is 5. The number of sulfonamides is 1. The molecule has 13 heteroatoms. The molecule has 1 N–H and O–H groups in total. The Kier molecular flexibility index (Phi) is 5.47. The summed E-state index contributed by atoms with van der Waals surface area (Å²) in [6.45, 7) is 1.63. The molecule has 0 aromatic carbocycles. The number of fused-ring (bicyclic) bond motifs is 1. The van der Waals surface area contributed by atoms with Crippen LogP contribution in [0.2, 0.25) is 0 Å². The molecule has 9 nitrogen and oxygen atoms in total. The zero-order chi connectivity index (χ0) is 21.6. The van der Waals surface area contributed by atoms with Crippen molar-refractivity contribution in [3.05, 3.63) is 34.4 Å². The third kappa shape index (κ3) is 4.61. The van der Waals surface area contributed by atoms with Crippen molar-refractivity contribution in [1.29, 1.82) is 0 Å². The molecule has 0 fully saturated rings. The molecule has 0 saturated carbocycles. The summed E-state index contributed by atoms with van der Waals surface area (Å²) in [5.74, 6) is -0.528. The Bertz CT molecular complexity index is 1040. The number of alkyl halides is 3. The summed E-state index contributed by atoms with van der Waals surface area (Å²) in [6.07, 6.45) is -2.94. The summed E-state index contributed by atoms with van der Waals surface area (Å²) in [7, 11) is -1.62. The van der Waals surface area contributed by atoms with Gasteiger partial charge in [-0.3, -0.25) is 14.2 Å². The summed E-state index contributed by atoms with van der Waals surface area (Å²) >= 11 is 0. The first-order valence-electron chi connectivity index (χ1n) is 8.73. The van der Waals surface area contributed by atoms with E-state index in [9.17, 15) is 26.4 Å².